The fourth-order valence-corrected chi connectivity index (χ4v) is 0. The van der Waals surface area contributed by atoms with E-state index in [0.29, 0.717) is 0 Å². The molecule has 0 aliphatic carbocycles. The van der Waals surface area contributed by atoms with E-state index in [1.54, 1.807) is 0 Å². The first-order valence-corrected chi connectivity index (χ1v) is 1.26. The molecule has 0 aromatic carbocycles. The second-order valence-corrected chi connectivity index (χ2v) is 0.283. The van der Waals surface area contributed by atoms with Crippen LogP contribution in [0.25, 0.3) is 0 Å². The quantitative estimate of drug-likeness (QED) is 0.291. The summed E-state index contributed by atoms with van der Waals surface area (Å²) in [6.07, 6.45) is 0. The van der Waals surface area contributed by atoms with E-state index >= 15 is 0 Å². The summed E-state index contributed by atoms with van der Waals surface area (Å²) in [6, 6.07) is 0. The van der Waals surface area contributed by atoms with E-state index in [-0.39, 0.29) is 115 Å². The van der Waals surface area contributed by atoms with Crippen molar-refractivity contribution in [3.05, 3.63) is 0 Å². The van der Waals surface area contributed by atoms with Crippen molar-refractivity contribution in [3.8, 4) is 0 Å². The van der Waals surface area contributed by atoms with Gasteiger partial charge < -0.3 is 36.9 Å². The molecule has 0 amide bonds. The summed E-state index contributed by atoms with van der Waals surface area (Å²) in [7, 11) is 0. The third-order valence-electron chi connectivity index (χ3n) is 0. The second-order valence-electron chi connectivity index (χ2n) is 0.283. The fourth-order valence-electron chi connectivity index (χ4n) is 0. The molecule has 0 saturated carbocycles. The topological polar surface area (TPSA) is 175 Å². The SMILES string of the molecule is O.O.O.OCO.OCO.[Y].[Y].[Y]. The molecule has 0 heterocycles. The van der Waals surface area contributed by atoms with Crippen molar-refractivity contribution < 1.29 is 135 Å². The zero-order chi connectivity index (χ0) is 5.41. The van der Waals surface area contributed by atoms with Gasteiger partial charge >= 0.3 is 0 Å². The third kappa shape index (κ3) is 205. The van der Waals surface area contributed by atoms with E-state index in [1.165, 1.54) is 0 Å². The fraction of sp³-hybridized carbons (Fsp3) is 1.00. The van der Waals surface area contributed by atoms with E-state index in [1.807, 2.05) is 0 Å². The van der Waals surface area contributed by atoms with Gasteiger partial charge in [-0.3, -0.25) is 0 Å². The van der Waals surface area contributed by atoms with Crippen molar-refractivity contribution in [3.63, 3.8) is 0 Å². The van der Waals surface area contributed by atoms with Gasteiger partial charge in [0.05, 0.1) is 0 Å². The van der Waals surface area contributed by atoms with Crippen LogP contribution < -0.4 is 0 Å². The number of hydrogen-bond donors (Lipinski definition) is 4. The molecule has 0 atom stereocenters. The Morgan fingerprint density at radius 3 is 0.500 bits per heavy atom. The molecule has 3 radical (unpaired) electrons. The molecule has 0 unspecified atom stereocenters. The monoisotopic (exact) mass is 417 g/mol. The predicted octanol–water partition coefficient (Wildman–Crippen LogP) is -4.62. The van der Waals surface area contributed by atoms with Gasteiger partial charge in [0, 0.05) is 98.1 Å². The van der Waals surface area contributed by atoms with Crippen LogP contribution >= 0.6 is 0 Å². The van der Waals surface area contributed by atoms with Crippen molar-refractivity contribution in [1.82, 2.24) is 0 Å². The zero-order valence-electron chi connectivity index (χ0n) is 6.44. The molecular weight excluding hydrogens is 403 g/mol. The Morgan fingerprint density at radius 2 is 0.500 bits per heavy atom. The number of hydrogen-bond acceptors (Lipinski definition) is 4. The maximum absolute atomic E-state index is 7.12. The summed E-state index contributed by atoms with van der Waals surface area (Å²) in [6.45, 7) is -1.50. The van der Waals surface area contributed by atoms with Crippen LogP contribution in [0.3, 0.4) is 0 Å². The Labute approximate surface area is 146 Å². The van der Waals surface area contributed by atoms with Gasteiger partial charge in [0.25, 0.3) is 0 Å². The Morgan fingerprint density at radius 1 is 0.500 bits per heavy atom. The molecule has 0 spiro atoms. The van der Waals surface area contributed by atoms with Gasteiger partial charge in [-0.15, -0.1) is 0 Å². The molecule has 0 aliphatic rings. The van der Waals surface area contributed by atoms with Crippen molar-refractivity contribution >= 4 is 0 Å². The van der Waals surface area contributed by atoms with Crippen LogP contribution in [0.5, 0.6) is 0 Å². The summed E-state index contributed by atoms with van der Waals surface area (Å²) >= 11 is 0. The third-order valence-corrected chi connectivity index (χ3v) is 0. The van der Waals surface area contributed by atoms with Gasteiger partial charge in [0.2, 0.25) is 0 Å². The molecule has 12 heavy (non-hydrogen) atoms. The second kappa shape index (κ2) is 94.1. The van der Waals surface area contributed by atoms with Crippen LogP contribution in [0.4, 0.5) is 0 Å². The van der Waals surface area contributed by atoms with E-state index in [9.17, 15) is 0 Å². The van der Waals surface area contributed by atoms with E-state index in [0.717, 1.165) is 0 Å². The van der Waals surface area contributed by atoms with E-state index in [4.69, 9.17) is 20.4 Å². The van der Waals surface area contributed by atoms with Gasteiger partial charge in [-0.05, 0) is 0 Å². The van der Waals surface area contributed by atoms with Crippen LogP contribution in [0.2, 0.25) is 0 Å². The van der Waals surface area contributed by atoms with Crippen molar-refractivity contribution in [2.45, 2.75) is 0 Å². The van der Waals surface area contributed by atoms with Crippen LogP contribution in [-0.2, 0) is 98.1 Å². The summed E-state index contributed by atoms with van der Waals surface area (Å²) in [5.41, 5.74) is 0. The molecule has 0 fully saturated rings. The molecule has 0 aromatic heterocycles. The zero-order valence-corrected chi connectivity index (χ0v) is 15.0. The molecule has 7 nitrogen and oxygen atoms in total. The molecular formula is C2H14O7Y3. The number of aliphatic hydroxyl groups is 4. The van der Waals surface area contributed by atoms with E-state index in [2.05, 4.69) is 0 Å². The van der Waals surface area contributed by atoms with Crippen LogP contribution in [0.15, 0.2) is 0 Å². The average Bonchev–Trinajstić information content (AvgIpc) is 1.39. The first-order chi connectivity index (χ1) is 2.83. The first-order valence-electron chi connectivity index (χ1n) is 1.26. The minimum atomic E-state index is -0.750. The number of rotatable bonds is 0. The minimum absolute atomic E-state index is 0. The Hall–Kier alpha value is 3.03. The molecule has 73 valence electrons. The molecule has 10 heteroatoms. The first kappa shape index (κ1) is 59.9. The predicted molar refractivity (Wildman–Crippen MR) is 29.5 cm³/mol. The summed E-state index contributed by atoms with van der Waals surface area (Å²) in [4.78, 5) is 0. The van der Waals surface area contributed by atoms with Gasteiger partial charge in [0.1, 0.15) is 13.6 Å². The van der Waals surface area contributed by atoms with Gasteiger partial charge in [0.15, 0.2) is 0 Å². The number of aliphatic hydroxyl groups excluding tert-OH is 2. The molecule has 0 saturated heterocycles. The average molecular weight is 417 g/mol. The summed E-state index contributed by atoms with van der Waals surface area (Å²) < 4.78 is 0. The Kier molecular flexibility index (Phi) is 469. The maximum atomic E-state index is 7.12. The van der Waals surface area contributed by atoms with Gasteiger partial charge in [-0.25, -0.2) is 0 Å². The van der Waals surface area contributed by atoms with Crippen LogP contribution in [0, 0.1) is 0 Å². The van der Waals surface area contributed by atoms with Crippen molar-refractivity contribution in [2.75, 3.05) is 13.6 Å². The summed E-state index contributed by atoms with van der Waals surface area (Å²) in [5.74, 6) is 0. The van der Waals surface area contributed by atoms with E-state index < -0.39 is 13.6 Å². The largest absolute Gasteiger partial charge is 0.412 e. The smallest absolute Gasteiger partial charge is 0.140 e. The maximum Gasteiger partial charge on any atom is 0.140 e. The molecule has 0 bridgehead atoms. The Bertz CT molecular complexity index is 18.6. The van der Waals surface area contributed by atoms with Crippen molar-refractivity contribution in [1.29, 1.82) is 0 Å². The molecule has 10 N–H and O–H groups in total. The molecule has 0 aromatic rings. The van der Waals surface area contributed by atoms with Gasteiger partial charge in [-0.2, -0.15) is 0 Å². The normalized spacial score (nSPS) is 3.00. The molecule has 0 rings (SSSR count). The summed E-state index contributed by atoms with van der Waals surface area (Å²) in [5, 5.41) is 28.5. The molecule has 0 aliphatic heterocycles. The van der Waals surface area contributed by atoms with Crippen LogP contribution in [0.1, 0.15) is 0 Å². The Balaban J connectivity index is -0.00000000296. The van der Waals surface area contributed by atoms with Gasteiger partial charge in [-0.1, -0.05) is 0 Å². The van der Waals surface area contributed by atoms with Crippen LogP contribution in [-0.4, -0.2) is 50.4 Å². The minimum Gasteiger partial charge on any atom is -0.412 e. The standard InChI is InChI=1S/2CH4O2.3H2O.3Y/c2*2-1-3;;;;;;/h2*2-3H,1H2;3*1H2;;;. The van der Waals surface area contributed by atoms with Crippen molar-refractivity contribution in [2.24, 2.45) is 0 Å².